The maximum Gasteiger partial charge on any atom is 0.269 e. The molecular weight excluding hydrogens is 476 g/mol. The van der Waals surface area contributed by atoms with Crippen molar-refractivity contribution >= 4 is 49.4 Å². The Hall–Kier alpha value is -2.51. The molecule has 0 radical (unpaired) electrons. The number of aliphatic imine (C=N–C) groups is 1. The van der Waals surface area contributed by atoms with Gasteiger partial charge in [-0.05, 0) is 57.9 Å². The summed E-state index contributed by atoms with van der Waals surface area (Å²) in [6, 6.07) is 19.7. The van der Waals surface area contributed by atoms with Crippen LogP contribution in [0.5, 0.6) is 5.75 Å². The lowest BCUT2D eigenvalue weighted by Crippen LogP contribution is -2.00. The largest absolute Gasteiger partial charge is 0.487 e. The fourth-order valence-electron chi connectivity index (χ4n) is 2.36. The van der Waals surface area contributed by atoms with Crippen LogP contribution in [0.4, 0.5) is 11.4 Å². The number of non-ortho nitro benzene ring substituents is 1. The lowest BCUT2D eigenvalue weighted by Gasteiger charge is -2.12. The molecule has 3 aromatic carbocycles. The molecule has 0 heterocycles. The molecule has 0 saturated heterocycles. The van der Waals surface area contributed by atoms with Gasteiger partial charge in [0.2, 0.25) is 0 Å². The van der Waals surface area contributed by atoms with E-state index in [9.17, 15) is 10.1 Å². The second kappa shape index (κ2) is 8.92. The molecule has 0 aromatic heterocycles. The number of nitro groups is 1. The van der Waals surface area contributed by atoms with Crippen molar-refractivity contribution in [2.75, 3.05) is 0 Å². The number of halogens is 2. The second-order valence-electron chi connectivity index (χ2n) is 5.61. The van der Waals surface area contributed by atoms with Crippen molar-refractivity contribution in [2.45, 2.75) is 6.61 Å². The minimum Gasteiger partial charge on any atom is -0.487 e. The van der Waals surface area contributed by atoms with E-state index in [4.69, 9.17) is 4.74 Å². The molecule has 3 aromatic rings. The topological polar surface area (TPSA) is 64.7 Å². The van der Waals surface area contributed by atoms with Crippen molar-refractivity contribution in [2.24, 2.45) is 4.99 Å². The van der Waals surface area contributed by atoms with Gasteiger partial charge in [-0.3, -0.25) is 15.1 Å². The Kier molecular flexibility index (Phi) is 6.36. The van der Waals surface area contributed by atoms with Crippen LogP contribution in [0, 0.1) is 10.1 Å². The van der Waals surface area contributed by atoms with Crippen LogP contribution in [-0.2, 0) is 6.61 Å². The number of nitro benzene ring substituents is 1. The van der Waals surface area contributed by atoms with Crippen LogP contribution in [0.15, 0.2) is 80.7 Å². The van der Waals surface area contributed by atoms with Crippen LogP contribution in [0.1, 0.15) is 11.1 Å². The lowest BCUT2D eigenvalue weighted by atomic mass is 10.2. The molecule has 0 aliphatic carbocycles. The van der Waals surface area contributed by atoms with E-state index < -0.39 is 4.92 Å². The summed E-state index contributed by atoms with van der Waals surface area (Å²) in [5.41, 5.74) is 2.54. The molecule has 5 nitrogen and oxygen atoms in total. The Labute approximate surface area is 173 Å². The first-order valence-corrected chi connectivity index (χ1v) is 9.56. The number of nitrogens with zero attached hydrogens (tertiary/aromatic N) is 2. The highest BCUT2D eigenvalue weighted by Gasteiger charge is 2.10. The van der Waals surface area contributed by atoms with E-state index in [1.54, 1.807) is 18.3 Å². The van der Waals surface area contributed by atoms with Crippen molar-refractivity contribution in [3.05, 3.63) is 96.9 Å². The summed E-state index contributed by atoms with van der Waals surface area (Å²) in [6.07, 6.45) is 1.75. The Morgan fingerprint density at radius 1 is 1.04 bits per heavy atom. The van der Waals surface area contributed by atoms with E-state index in [1.165, 1.54) is 12.1 Å². The van der Waals surface area contributed by atoms with Crippen LogP contribution in [-0.4, -0.2) is 11.1 Å². The maximum absolute atomic E-state index is 10.8. The summed E-state index contributed by atoms with van der Waals surface area (Å²) in [5, 5.41) is 10.8. The third kappa shape index (κ3) is 5.24. The Bertz CT molecular complexity index is 975. The first-order chi connectivity index (χ1) is 13.0. The number of ether oxygens (including phenoxy) is 1. The first kappa shape index (κ1) is 19.3. The molecule has 0 amide bonds. The average Bonchev–Trinajstić information content (AvgIpc) is 2.66. The molecule has 27 heavy (non-hydrogen) atoms. The van der Waals surface area contributed by atoms with Crippen LogP contribution in [0.25, 0.3) is 0 Å². The SMILES string of the molecule is O=[N+]([O-])c1ccc(COc2c(Br)cc(Br)cc2C=Nc2ccccc2)cc1. The summed E-state index contributed by atoms with van der Waals surface area (Å²) < 4.78 is 7.65. The zero-order valence-corrected chi connectivity index (χ0v) is 17.2. The lowest BCUT2D eigenvalue weighted by molar-refractivity contribution is -0.384. The van der Waals surface area contributed by atoms with E-state index in [0.717, 1.165) is 25.8 Å². The third-order valence-electron chi connectivity index (χ3n) is 3.68. The highest BCUT2D eigenvalue weighted by atomic mass is 79.9. The third-order valence-corrected chi connectivity index (χ3v) is 4.72. The van der Waals surface area contributed by atoms with Gasteiger partial charge in [0.25, 0.3) is 5.69 Å². The van der Waals surface area contributed by atoms with Gasteiger partial charge in [-0.25, -0.2) is 0 Å². The standard InChI is InChI=1S/C20H14Br2N2O3/c21-16-10-15(12-23-17-4-2-1-3-5-17)20(19(22)11-16)27-13-14-6-8-18(9-7-14)24(25)26/h1-12H,13H2. The van der Waals surface area contributed by atoms with E-state index in [-0.39, 0.29) is 12.3 Å². The molecule has 0 aliphatic rings. The van der Waals surface area contributed by atoms with Crippen LogP contribution in [0.2, 0.25) is 0 Å². The molecule has 7 heteroatoms. The fraction of sp³-hybridized carbons (Fsp3) is 0.0500. The van der Waals surface area contributed by atoms with Crippen LogP contribution < -0.4 is 4.74 Å². The van der Waals surface area contributed by atoms with Gasteiger partial charge in [-0.2, -0.15) is 0 Å². The van der Waals surface area contributed by atoms with Gasteiger partial charge in [-0.15, -0.1) is 0 Å². The highest BCUT2D eigenvalue weighted by Crippen LogP contribution is 2.33. The summed E-state index contributed by atoms with van der Waals surface area (Å²) in [4.78, 5) is 14.8. The van der Waals surface area contributed by atoms with Crippen molar-refractivity contribution in [3.8, 4) is 5.75 Å². The van der Waals surface area contributed by atoms with Gasteiger partial charge in [-0.1, -0.05) is 34.1 Å². The fourth-order valence-corrected chi connectivity index (χ4v) is 3.73. The highest BCUT2D eigenvalue weighted by molar-refractivity contribution is 9.11. The monoisotopic (exact) mass is 488 g/mol. The zero-order chi connectivity index (χ0) is 19.2. The number of hydrogen-bond acceptors (Lipinski definition) is 4. The molecule has 0 N–H and O–H groups in total. The smallest absolute Gasteiger partial charge is 0.269 e. The van der Waals surface area contributed by atoms with Crippen LogP contribution >= 0.6 is 31.9 Å². The molecule has 0 saturated carbocycles. The molecule has 0 unspecified atom stereocenters. The number of rotatable bonds is 6. The molecule has 0 bridgehead atoms. The quantitative estimate of drug-likeness (QED) is 0.227. The van der Waals surface area contributed by atoms with Crippen LogP contribution in [0.3, 0.4) is 0 Å². The Morgan fingerprint density at radius 3 is 2.41 bits per heavy atom. The molecule has 3 rings (SSSR count). The molecule has 136 valence electrons. The van der Waals surface area contributed by atoms with Gasteiger partial charge in [0.1, 0.15) is 12.4 Å². The van der Waals surface area contributed by atoms with E-state index in [2.05, 4.69) is 36.9 Å². The number of hydrogen-bond donors (Lipinski definition) is 0. The minimum absolute atomic E-state index is 0.0549. The normalized spacial score (nSPS) is 10.9. The van der Waals surface area contributed by atoms with Crippen molar-refractivity contribution in [1.29, 1.82) is 0 Å². The van der Waals surface area contributed by atoms with Gasteiger partial charge >= 0.3 is 0 Å². The second-order valence-corrected chi connectivity index (χ2v) is 7.38. The molecule has 0 aliphatic heterocycles. The number of para-hydroxylation sites is 1. The summed E-state index contributed by atoms with van der Waals surface area (Å²) in [7, 11) is 0. The summed E-state index contributed by atoms with van der Waals surface area (Å²) in [5.74, 6) is 0.649. The number of benzene rings is 3. The predicted molar refractivity (Wildman–Crippen MR) is 113 cm³/mol. The maximum atomic E-state index is 10.8. The minimum atomic E-state index is -0.423. The Balaban J connectivity index is 1.82. The predicted octanol–water partition coefficient (Wildman–Crippen LogP) is 6.45. The van der Waals surface area contributed by atoms with Gasteiger partial charge < -0.3 is 4.74 Å². The van der Waals surface area contributed by atoms with E-state index in [0.29, 0.717) is 5.75 Å². The van der Waals surface area contributed by atoms with Gasteiger partial charge in [0.05, 0.1) is 15.1 Å². The van der Waals surface area contributed by atoms with Crippen molar-refractivity contribution in [1.82, 2.24) is 0 Å². The molecule has 0 fully saturated rings. The van der Waals surface area contributed by atoms with Gasteiger partial charge in [0, 0.05) is 28.4 Å². The Morgan fingerprint density at radius 2 is 1.74 bits per heavy atom. The first-order valence-electron chi connectivity index (χ1n) is 7.97. The molecule has 0 atom stereocenters. The summed E-state index contributed by atoms with van der Waals surface area (Å²) in [6.45, 7) is 0.282. The van der Waals surface area contributed by atoms with Gasteiger partial charge in [0.15, 0.2) is 0 Å². The van der Waals surface area contributed by atoms with Crippen molar-refractivity contribution in [3.63, 3.8) is 0 Å². The molecular formula is C20H14Br2N2O3. The van der Waals surface area contributed by atoms with E-state index in [1.807, 2.05) is 42.5 Å². The molecule has 0 spiro atoms. The zero-order valence-electron chi connectivity index (χ0n) is 14.0. The van der Waals surface area contributed by atoms with E-state index >= 15 is 0 Å². The average molecular weight is 490 g/mol. The summed E-state index contributed by atoms with van der Waals surface area (Å²) >= 11 is 7.00. The van der Waals surface area contributed by atoms with Crippen molar-refractivity contribution < 1.29 is 9.66 Å².